The lowest BCUT2D eigenvalue weighted by atomic mass is 10.1. The molecule has 0 fully saturated rings. The first-order chi connectivity index (χ1) is 8.22. The van der Waals surface area contributed by atoms with Crippen molar-refractivity contribution in [1.82, 2.24) is 4.98 Å². The van der Waals surface area contributed by atoms with Crippen LogP contribution in [0.15, 0.2) is 32.2 Å². The van der Waals surface area contributed by atoms with Crippen LogP contribution in [0.25, 0.3) is 10.9 Å². The highest BCUT2D eigenvalue weighted by atomic mass is 16.4. The van der Waals surface area contributed by atoms with Crippen molar-refractivity contribution in [3.05, 3.63) is 44.7 Å². The van der Waals surface area contributed by atoms with E-state index >= 15 is 0 Å². The van der Waals surface area contributed by atoms with Crippen LogP contribution in [0.3, 0.4) is 0 Å². The lowest BCUT2D eigenvalue weighted by Gasteiger charge is -1.97. The van der Waals surface area contributed by atoms with E-state index in [9.17, 15) is 9.59 Å². The number of benzene rings is 1. The zero-order valence-electron chi connectivity index (χ0n) is 8.61. The predicted molar refractivity (Wildman–Crippen MR) is 60.2 cm³/mol. The Hall–Kier alpha value is -2.79. The van der Waals surface area contributed by atoms with E-state index in [-0.39, 0.29) is 11.8 Å². The van der Waals surface area contributed by atoms with Gasteiger partial charge in [-0.25, -0.2) is 9.59 Å². The second kappa shape index (κ2) is 4.38. The van der Waals surface area contributed by atoms with Gasteiger partial charge in [-0.3, -0.25) is 4.98 Å². The molecule has 0 saturated carbocycles. The number of aromatic nitrogens is 1. The maximum atomic E-state index is 11.5. The van der Waals surface area contributed by atoms with Gasteiger partial charge in [0.2, 0.25) is 0 Å². The number of nitriles is 1. The molecule has 82 valence electrons. The van der Waals surface area contributed by atoms with Crippen LogP contribution in [-0.4, -0.2) is 4.98 Å². The van der Waals surface area contributed by atoms with Crippen molar-refractivity contribution in [3.8, 4) is 17.9 Å². The van der Waals surface area contributed by atoms with E-state index in [1.165, 1.54) is 0 Å². The van der Waals surface area contributed by atoms with Crippen molar-refractivity contribution in [1.29, 1.82) is 5.26 Å². The average molecular weight is 226 g/mol. The van der Waals surface area contributed by atoms with Crippen LogP contribution in [0, 0.1) is 23.2 Å². The average Bonchev–Trinajstić information content (AvgIpc) is 2.28. The molecule has 0 spiro atoms. The predicted octanol–water partition coefficient (Wildman–Crippen LogP) is 0.746. The van der Waals surface area contributed by atoms with E-state index in [1.807, 2.05) is 6.07 Å². The van der Waals surface area contributed by atoms with Crippen LogP contribution in [0.2, 0.25) is 0 Å². The summed E-state index contributed by atoms with van der Waals surface area (Å²) in [7, 11) is 0. The number of H-pyrrole nitrogens is 1. The van der Waals surface area contributed by atoms with E-state index < -0.39 is 11.4 Å². The summed E-state index contributed by atoms with van der Waals surface area (Å²) in [4.78, 5) is 24.9. The Balaban J connectivity index is 2.76. The van der Waals surface area contributed by atoms with E-state index in [1.54, 1.807) is 18.2 Å². The van der Waals surface area contributed by atoms with E-state index in [0.717, 1.165) is 0 Å². The van der Waals surface area contributed by atoms with Gasteiger partial charge < -0.3 is 4.42 Å². The van der Waals surface area contributed by atoms with E-state index in [2.05, 4.69) is 21.2 Å². The molecule has 2 aromatic rings. The summed E-state index contributed by atoms with van der Waals surface area (Å²) in [6.07, 6.45) is 0.0745. The third kappa shape index (κ3) is 2.09. The molecule has 17 heavy (non-hydrogen) atoms. The Morgan fingerprint density at radius 1 is 1.35 bits per heavy atom. The number of fused-ring (bicyclic) bond motifs is 1. The Morgan fingerprint density at radius 3 is 2.94 bits per heavy atom. The van der Waals surface area contributed by atoms with Crippen molar-refractivity contribution >= 4 is 10.9 Å². The topological polar surface area (TPSA) is 86.9 Å². The third-order valence-electron chi connectivity index (χ3n) is 2.08. The molecule has 5 nitrogen and oxygen atoms in total. The zero-order chi connectivity index (χ0) is 12.3. The van der Waals surface area contributed by atoms with Gasteiger partial charge in [0.25, 0.3) is 0 Å². The molecule has 1 N–H and O–H groups in total. The van der Waals surface area contributed by atoms with Crippen molar-refractivity contribution in [2.24, 2.45) is 0 Å². The molecule has 0 saturated heterocycles. The molecule has 0 amide bonds. The lowest BCUT2D eigenvalue weighted by Crippen LogP contribution is -2.15. The number of hydrogen-bond acceptors (Lipinski definition) is 4. The summed E-state index contributed by atoms with van der Waals surface area (Å²) in [5.41, 5.74) is 0.0726. The SMILES string of the molecule is N#CCC#Cc1cccc2[nH]c(=O)oc(=O)c12. The summed E-state index contributed by atoms with van der Waals surface area (Å²) in [5, 5.41) is 8.59. The number of hydrogen-bond donors (Lipinski definition) is 1. The van der Waals surface area contributed by atoms with Gasteiger partial charge in [0.15, 0.2) is 0 Å². The highest BCUT2D eigenvalue weighted by Crippen LogP contribution is 2.10. The van der Waals surface area contributed by atoms with Crippen molar-refractivity contribution in [2.45, 2.75) is 6.42 Å². The lowest BCUT2D eigenvalue weighted by molar-refractivity contribution is 0.460. The molecule has 0 aliphatic heterocycles. The van der Waals surface area contributed by atoms with Gasteiger partial charge in [0, 0.05) is 5.56 Å². The highest BCUT2D eigenvalue weighted by molar-refractivity contribution is 5.83. The summed E-state index contributed by atoms with van der Waals surface area (Å²) in [6, 6.07) is 6.75. The number of nitrogens with zero attached hydrogens (tertiary/aromatic N) is 1. The first kappa shape index (κ1) is 10.7. The first-order valence-electron chi connectivity index (χ1n) is 4.74. The van der Waals surface area contributed by atoms with Gasteiger partial charge in [0.05, 0.1) is 23.4 Å². The van der Waals surface area contributed by atoms with Crippen LogP contribution < -0.4 is 11.4 Å². The minimum atomic E-state index is -0.801. The first-order valence-corrected chi connectivity index (χ1v) is 4.74. The smallest absolute Gasteiger partial charge is 0.372 e. The Bertz CT molecular complexity index is 781. The molecule has 0 aliphatic rings. The molecular formula is C12H6N2O3. The summed E-state index contributed by atoms with van der Waals surface area (Å²) in [6.45, 7) is 0. The standard InChI is InChI=1S/C12H6N2O3/c13-7-2-1-4-8-5-3-6-9-10(8)11(15)17-12(16)14-9/h3,5-6H,2H2,(H,14,16). The van der Waals surface area contributed by atoms with Gasteiger partial charge in [0.1, 0.15) is 0 Å². The normalized spacial score (nSPS) is 9.35. The largest absolute Gasteiger partial charge is 0.419 e. The van der Waals surface area contributed by atoms with E-state index in [4.69, 9.17) is 5.26 Å². The number of nitrogens with one attached hydrogen (secondary N) is 1. The van der Waals surface area contributed by atoms with Gasteiger partial charge in [-0.2, -0.15) is 5.26 Å². The Morgan fingerprint density at radius 2 is 2.18 bits per heavy atom. The van der Waals surface area contributed by atoms with Gasteiger partial charge in [-0.15, -0.1) is 0 Å². The summed E-state index contributed by atoms with van der Waals surface area (Å²) in [5.74, 6) is 4.49. The molecule has 0 aliphatic carbocycles. The Labute approximate surface area is 95.3 Å². The minimum absolute atomic E-state index is 0.0745. The second-order valence-corrected chi connectivity index (χ2v) is 3.17. The number of aromatic amines is 1. The molecule has 1 heterocycles. The number of rotatable bonds is 0. The van der Waals surface area contributed by atoms with Gasteiger partial charge >= 0.3 is 11.4 Å². The van der Waals surface area contributed by atoms with E-state index in [0.29, 0.717) is 11.1 Å². The van der Waals surface area contributed by atoms with Crippen LogP contribution in [0.1, 0.15) is 12.0 Å². The van der Waals surface area contributed by atoms with Gasteiger partial charge in [-0.05, 0) is 12.1 Å². The maximum Gasteiger partial charge on any atom is 0.419 e. The molecule has 1 aromatic heterocycles. The van der Waals surface area contributed by atoms with Crippen molar-refractivity contribution in [3.63, 3.8) is 0 Å². The molecule has 0 bridgehead atoms. The van der Waals surface area contributed by atoms with Crippen LogP contribution in [0.4, 0.5) is 0 Å². The molecule has 0 unspecified atom stereocenters. The van der Waals surface area contributed by atoms with Crippen LogP contribution in [0.5, 0.6) is 0 Å². The maximum absolute atomic E-state index is 11.5. The molecule has 1 aromatic carbocycles. The van der Waals surface area contributed by atoms with Crippen LogP contribution in [-0.2, 0) is 0 Å². The quantitative estimate of drug-likeness (QED) is 0.671. The summed E-state index contributed by atoms with van der Waals surface area (Å²) >= 11 is 0. The molecule has 0 radical (unpaired) electrons. The van der Waals surface area contributed by atoms with Gasteiger partial charge in [-0.1, -0.05) is 17.9 Å². The molecule has 5 heteroatoms. The van der Waals surface area contributed by atoms with Crippen molar-refractivity contribution in [2.75, 3.05) is 0 Å². The zero-order valence-corrected chi connectivity index (χ0v) is 8.61. The highest BCUT2D eigenvalue weighted by Gasteiger charge is 2.05. The minimum Gasteiger partial charge on any atom is -0.372 e. The third-order valence-corrected chi connectivity index (χ3v) is 2.08. The fraction of sp³-hybridized carbons (Fsp3) is 0.0833. The fourth-order valence-electron chi connectivity index (χ4n) is 1.43. The molecule has 0 atom stereocenters. The monoisotopic (exact) mass is 226 g/mol. The summed E-state index contributed by atoms with van der Waals surface area (Å²) < 4.78 is 4.44. The Kier molecular flexibility index (Phi) is 2.76. The van der Waals surface area contributed by atoms with Crippen LogP contribution >= 0.6 is 0 Å². The second-order valence-electron chi connectivity index (χ2n) is 3.17. The molecular weight excluding hydrogens is 220 g/mol. The van der Waals surface area contributed by atoms with Crippen molar-refractivity contribution < 1.29 is 4.42 Å². The molecule has 2 rings (SSSR count). The fourth-order valence-corrected chi connectivity index (χ4v) is 1.43.